The number of nitrogens with one attached hydrogen (secondary N) is 2. The highest BCUT2D eigenvalue weighted by Crippen LogP contribution is 2.24. The van der Waals surface area contributed by atoms with Gasteiger partial charge in [0, 0.05) is 13.0 Å². The van der Waals surface area contributed by atoms with E-state index in [0.717, 1.165) is 27.6 Å². The molecule has 0 radical (unpaired) electrons. The SMILES string of the molecule is COc1ccc(C(Cc2ccc(F)cc2)NC(=O)CCn2c(-c3cccs3)n[nH]c2=S)cc1. The molecule has 0 fully saturated rings. The van der Waals surface area contributed by atoms with Crippen molar-refractivity contribution in [2.45, 2.75) is 25.4 Å². The van der Waals surface area contributed by atoms with E-state index < -0.39 is 0 Å². The minimum atomic E-state index is -0.290. The molecule has 2 heterocycles. The summed E-state index contributed by atoms with van der Waals surface area (Å²) in [6, 6.07) is 17.5. The monoisotopic (exact) mass is 482 g/mol. The number of rotatable bonds is 9. The molecule has 0 aliphatic carbocycles. The molecule has 2 aromatic heterocycles. The van der Waals surface area contributed by atoms with Crippen LogP contribution in [-0.4, -0.2) is 27.8 Å². The molecule has 2 aromatic carbocycles. The fourth-order valence-electron chi connectivity index (χ4n) is 3.54. The van der Waals surface area contributed by atoms with E-state index in [1.807, 2.05) is 46.3 Å². The van der Waals surface area contributed by atoms with Gasteiger partial charge in [-0.1, -0.05) is 30.3 Å². The fourth-order valence-corrected chi connectivity index (χ4v) is 4.49. The highest BCUT2D eigenvalue weighted by molar-refractivity contribution is 7.71. The number of hydrogen-bond acceptors (Lipinski definition) is 5. The first-order valence-corrected chi connectivity index (χ1v) is 11.7. The lowest BCUT2D eigenvalue weighted by Crippen LogP contribution is -2.30. The number of ether oxygens (including phenoxy) is 1. The number of methoxy groups -OCH3 is 1. The summed E-state index contributed by atoms with van der Waals surface area (Å²) < 4.78 is 20.9. The van der Waals surface area contributed by atoms with E-state index in [1.54, 1.807) is 30.6 Å². The Morgan fingerprint density at radius 2 is 1.97 bits per heavy atom. The maximum Gasteiger partial charge on any atom is 0.222 e. The van der Waals surface area contributed by atoms with Crippen LogP contribution in [0.4, 0.5) is 4.39 Å². The van der Waals surface area contributed by atoms with E-state index in [4.69, 9.17) is 17.0 Å². The normalized spacial score (nSPS) is 11.8. The highest BCUT2D eigenvalue weighted by Gasteiger charge is 2.17. The van der Waals surface area contributed by atoms with Crippen molar-refractivity contribution < 1.29 is 13.9 Å². The van der Waals surface area contributed by atoms with Crippen LogP contribution in [0.15, 0.2) is 66.0 Å². The largest absolute Gasteiger partial charge is 0.497 e. The van der Waals surface area contributed by atoms with Gasteiger partial charge in [-0.25, -0.2) is 4.39 Å². The van der Waals surface area contributed by atoms with Crippen molar-refractivity contribution in [3.63, 3.8) is 0 Å². The summed E-state index contributed by atoms with van der Waals surface area (Å²) in [5.74, 6) is 1.06. The molecule has 0 saturated heterocycles. The quantitative estimate of drug-likeness (QED) is 0.317. The van der Waals surface area contributed by atoms with Crippen LogP contribution in [0, 0.1) is 10.6 Å². The van der Waals surface area contributed by atoms with Crippen LogP contribution in [0.2, 0.25) is 0 Å². The highest BCUT2D eigenvalue weighted by atomic mass is 32.1. The molecule has 1 atom stereocenters. The molecule has 0 aliphatic rings. The van der Waals surface area contributed by atoms with Gasteiger partial charge in [0.15, 0.2) is 10.6 Å². The Hall–Kier alpha value is -3.30. The van der Waals surface area contributed by atoms with Gasteiger partial charge in [0.1, 0.15) is 11.6 Å². The molecule has 0 saturated carbocycles. The summed E-state index contributed by atoms with van der Waals surface area (Å²) in [5.41, 5.74) is 1.86. The minimum Gasteiger partial charge on any atom is -0.497 e. The van der Waals surface area contributed by atoms with E-state index >= 15 is 0 Å². The molecule has 6 nitrogen and oxygen atoms in total. The molecule has 4 aromatic rings. The topological polar surface area (TPSA) is 71.9 Å². The lowest BCUT2D eigenvalue weighted by Gasteiger charge is -2.20. The van der Waals surface area contributed by atoms with E-state index in [2.05, 4.69) is 15.5 Å². The zero-order valence-corrected chi connectivity index (χ0v) is 19.6. The van der Waals surface area contributed by atoms with Crippen LogP contribution in [-0.2, 0) is 17.8 Å². The molecule has 9 heteroatoms. The number of benzene rings is 2. The van der Waals surface area contributed by atoms with E-state index in [0.29, 0.717) is 17.7 Å². The lowest BCUT2D eigenvalue weighted by atomic mass is 9.98. The summed E-state index contributed by atoms with van der Waals surface area (Å²) in [5, 5.41) is 12.2. The Morgan fingerprint density at radius 1 is 1.21 bits per heavy atom. The molecule has 1 unspecified atom stereocenters. The standard InChI is InChI=1S/C24H23FN4O2S2/c1-31-19-10-6-17(7-11-19)20(15-16-4-8-18(25)9-5-16)26-22(30)12-13-29-23(27-28-24(29)32)21-3-2-14-33-21/h2-11,14,20H,12-13,15H2,1H3,(H,26,30)(H,28,32). The van der Waals surface area contributed by atoms with E-state index in [-0.39, 0.29) is 24.2 Å². The minimum absolute atomic E-state index is 0.113. The van der Waals surface area contributed by atoms with Gasteiger partial charge in [0.05, 0.1) is 18.0 Å². The first-order valence-electron chi connectivity index (χ1n) is 10.4. The van der Waals surface area contributed by atoms with Crippen LogP contribution < -0.4 is 10.1 Å². The summed E-state index contributed by atoms with van der Waals surface area (Å²) in [6.45, 7) is 0.403. The van der Waals surface area contributed by atoms with Gasteiger partial charge < -0.3 is 10.1 Å². The van der Waals surface area contributed by atoms with E-state index in [9.17, 15) is 9.18 Å². The van der Waals surface area contributed by atoms with Crippen molar-refractivity contribution in [1.29, 1.82) is 0 Å². The maximum absolute atomic E-state index is 13.3. The second-order valence-electron chi connectivity index (χ2n) is 7.46. The molecule has 0 aliphatic heterocycles. The third kappa shape index (κ3) is 5.74. The number of carbonyl (C=O) groups excluding carboxylic acids is 1. The van der Waals surface area contributed by atoms with Crippen molar-refractivity contribution in [3.05, 3.63) is 87.8 Å². The number of amides is 1. The number of carbonyl (C=O) groups is 1. The first-order chi connectivity index (χ1) is 16.0. The Bertz CT molecular complexity index is 1250. The van der Waals surface area contributed by atoms with Gasteiger partial charge in [-0.2, -0.15) is 5.10 Å². The number of H-pyrrole nitrogens is 1. The van der Waals surface area contributed by atoms with Gasteiger partial charge in [0.25, 0.3) is 0 Å². The third-order valence-corrected chi connectivity index (χ3v) is 6.45. The number of thiophene rings is 1. The molecule has 170 valence electrons. The third-order valence-electron chi connectivity index (χ3n) is 5.27. The number of aromatic nitrogens is 3. The van der Waals surface area contributed by atoms with Crippen molar-refractivity contribution in [2.24, 2.45) is 0 Å². The average Bonchev–Trinajstić information content (AvgIpc) is 3.48. The lowest BCUT2D eigenvalue weighted by molar-refractivity contribution is -0.122. The number of hydrogen-bond donors (Lipinski definition) is 2. The van der Waals surface area contributed by atoms with Crippen molar-refractivity contribution in [3.8, 4) is 16.5 Å². The van der Waals surface area contributed by atoms with Crippen LogP contribution in [0.1, 0.15) is 23.6 Å². The smallest absolute Gasteiger partial charge is 0.222 e. The van der Waals surface area contributed by atoms with E-state index in [1.165, 1.54) is 12.1 Å². The zero-order chi connectivity index (χ0) is 23.2. The van der Waals surface area contributed by atoms with Gasteiger partial charge in [0.2, 0.25) is 5.91 Å². The molecule has 0 spiro atoms. The summed E-state index contributed by atoms with van der Waals surface area (Å²) >= 11 is 6.92. The molecule has 0 bridgehead atoms. The molecular formula is C24H23FN4O2S2. The molecule has 4 rings (SSSR count). The van der Waals surface area contributed by atoms with Crippen molar-refractivity contribution in [1.82, 2.24) is 20.1 Å². The second-order valence-corrected chi connectivity index (χ2v) is 8.79. The van der Waals surface area contributed by atoms with Gasteiger partial charge in [-0.15, -0.1) is 11.3 Å². The Labute approximate surface area is 200 Å². The molecular weight excluding hydrogens is 459 g/mol. The summed E-state index contributed by atoms with van der Waals surface area (Å²) in [7, 11) is 1.61. The fraction of sp³-hybridized carbons (Fsp3) is 0.208. The predicted octanol–water partition coefficient (Wildman–Crippen LogP) is 5.31. The van der Waals surface area contributed by atoms with Crippen LogP contribution in [0.25, 0.3) is 10.7 Å². The predicted molar refractivity (Wildman–Crippen MR) is 129 cm³/mol. The second kappa shape index (κ2) is 10.5. The average molecular weight is 483 g/mol. The maximum atomic E-state index is 13.3. The zero-order valence-electron chi connectivity index (χ0n) is 18.0. The number of nitrogens with zero attached hydrogens (tertiary/aromatic N) is 2. The van der Waals surface area contributed by atoms with Crippen molar-refractivity contribution in [2.75, 3.05) is 7.11 Å². The summed E-state index contributed by atoms with van der Waals surface area (Å²) in [4.78, 5) is 13.9. The summed E-state index contributed by atoms with van der Waals surface area (Å²) in [6.07, 6.45) is 0.770. The van der Waals surface area contributed by atoms with Crippen LogP contribution in [0.3, 0.4) is 0 Å². The van der Waals surface area contributed by atoms with Crippen LogP contribution >= 0.6 is 23.6 Å². The van der Waals surface area contributed by atoms with Gasteiger partial charge in [-0.3, -0.25) is 14.5 Å². The van der Waals surface area contributed by atoms with Crippen LogP contribution in [0.5, 0.6) is 5.75 Å². The van der Waals surface area contributed by atoms with Gasteiger partial charge >= 0.3 is 0 Å². The number of aromatic amines is 1. The Morgan fingerprint density at radius 3 is 2.64 bits per heavy atom. The number of halogens is 1. The molecule has 33 heavy (non-hydrogen) atoms. The van der Waals surface area contributed by atoms with Gasteiger partial charge in [-0.05, 0) is 65.5 Å². The Kier molecular flexibility index (Phi) is 7.31. The Balaban J connectivity index is 1.48. The molecule has 2 N–H and O–H groups in total. The molecule has 1 amide bonds. The van der Waals surface area contributed by atoms with Crippen molar-refractivity contribution >= 4 is 29.5 Å². The first kappa shape index (κ1) is 22.9.